The van der Waals surface area contributed by atoms with E-state index in [1.165, 1.54) is 5.57 Å². The molecule has 1 aromatic carbocycles. The molecule has 0 spiro atoms. The van der Waals surface area contributed by atoms with Crippen molar-refractivity contribution in [2.45, 2.75) is 26.2 Å². The molecule has 1 atom stereocenters. The Labute approximate surface area is 129 Å². The van der Waals surface area contributed by atoms with E-state index in [1.54, 1.807) is 0 Å². The van der Waals surface area contributed by atoms with Crippen LogP contribution in [0, 0.1) is 5.92 Å². The number of ether oxygens (including phenoxy) is 1. The number of allylic oxidation sites excluding steroid dienone is 2. The first-order valence-corrected chi connectivity index (χ1v) is 7.68. The van der Waals surface area contributed by atoms with Gasteiger partial charge in [0, 0.05) is 18.1 Å². The molecule has 0 bridgehead atoms. The molecule has 116 valence electrons. The second-order valence-corrected chi connectivity index (χ2v) is 5.70. The van der Waals surface area contributed by atoms with Crippen LogP contribution in [0.5, 0.6) is 0 Å². The van der Waals surface area contributed by atoms with Crippen LogP contribution in [-0.4, -0.2) is 22.4 Å². The Kier molecular flexibility index (Phi) is 3.88. The van der Waals surface area contributed by atoms with Gasteiger partial charge in [-0.05, 0) is 50.0 Å². The number of aromatic nitrogens is 2. The summed E-state index contributed by atoms with van der Waals surface area (Å²) in [7, 11) is 1.94. The minimum Gasteiger partial charge on any atom is -0.466 e. The van der Waals surface area contributed by atoms with Crippen molar-refractivity contribution >= 4 is 28.1 Å². The van der Waals surface area contributed by atoms with E-state index in [-0.39, 0.29) is 11.9 Å². The Balaban J connectivity index is 1.90. The highest BCUT2D eigenvalue weighted by molar-refractivity contribution is 5.93. The molecule has 1 aliphatic carbocycles. The Hall–Kier alpha value is -2.30. The molecule has 22 heavy (non-hydrogen) atoms. The number of rotatable bonds is 3. The van der Waals surface area contributed by atoms with Gasteiger partial charge in [-0.3, -0.25) is 9.48 Å². The lowest BCUT2D eigenvalue weighted by molar-refractivity contribution is -0.148. The molecule has 1 unspecified atom stereocenters. The molecule has 0 fully saturated rings. The largest absolute Gasteiger partial charge is 0.466 e. The number of nitrogens with zero attached hydrogens (tertiary/aromatic N) is 2. The van der Waals surface area contributed by atoms with Crippen molar-refractivity contribution in [2.24, 2.45) is 13.0 Å². The molecule has 0 saturated heterocycles. The van der Waals surface area contributed by atoms with Gasteiger partial charge >= 0.3 is 5.97 Å². The van der Waals surface area contributed by atoms with Crippen molar-refractivity contribution in [3.05, 3.63) is 30.0 Å². The molecule has 0 aliphatic heterocycles. The Morgan fingerprint density at radius 2 is 2.32 bits per heavy atom. The number of nitrogen functional groups attached to an aromatic ring is 1. The zero-order chi connectivity index (χ0) is 15.7. The van der Waals surface area contributed by atoms with Crippen molar-refractivity contribution in [3.8, 4) is 0 Å². The van der Waals surface area contributed by atoms with Gasteiger partial charge in [-0.1, -0.05) is 6.08 Å². The van der Waals surface area contributed by atoms with Crippen molar-refractivity contribution in [1.82, 2.24) is 9.78 Å². The van der Waals surface area contributed by atoms with Gasteiger partial charge in [-0.15, -0.1) is 0 Å². The lowest BCUT2D eigenvalue weighted by Crippen LogP contribution is -2.19. The van der Waals surface area contributed by atoms with E-state index in [0.29, 0.717) is 13.0 Å². The summed E-state index contributed by atoms with van der Waals surface area (Å²) in [5.74, 6) is -0.114. The Bertz CT molecular complexity index is 746. The second-order valence-electron chi connectivity index (χ2n) is 5.70. The van der Waals surface area contributed by atoms with E-state index < -0.39 is 0 Å². The van der Waals surface area contributed by atoms with Gasteiger partial charge in [0.05, 0.1) is 23.7 Å². The average Bonchev–Trinajstić information content (AvgIpc) is 2.84. The molecule has 0 saturated carbocycles. The van der Waals surface area contributed by atoms with Gasteiger partial charge < -0.3 is 10.5 Å². The van der Waals surface area contributed by atoms with Gasteiger partial charge in [0.1, 0.15) is 0 Å². The van der Waals surface area contributed by atoms with E-state index in [9.17, 15) is 4.79 Å². The maximum Gasteiger partial charge on any atom is 0.309 e. The Morgan fingerprint density at radius 3 is 3.00 bits per heavy atom. The normalized spacial score (nSPS) is 18.3. The maximum atomic E-state index is 11.8. The number of carbonyl (C=O) groups is 1. The van der Waals surface area contributed by atoms with Crippen LogP contribution in [0.15, 0.2) is 24.3 Å². The lowest BCUT2D eigenvalue weighted by atomic mass is 9.87. The van der Waals surface area contributed by atoms with Gasteiger partial charge in [-0.2, -0.15) is 5.10 Å². The van der Waals surface area contributed by atoms with E-state index in [2.05, 4.69) is 11.2 Å². The topological polar surface area (TPSA) is 70.1 Å². The number of anilines is 1. The summed E-state index contributed by atoms with van der Waals surface area (Å²) >= 11 is 0. The fourth-order valence-corrected chi connectivity index (χ4v) is 3.04. The summed E-state index contributed by atoms with van der Waals surface area (Å²) in [6.45, 7) is 2.28. The summed E-state index contributed by atoms with van der Waals surface area (Å²) in [6.07, 6.45) is 4.49. The van der Waals surface area contributed by atoms with Crippen LogP contribution < -0.4 is 5.73 Å². The first-order valence-electron chi connectivity index (χ1n) is 7.68. The summed E-state index contributed by atoms with van der Waals surface area (Å²) in [4.78, 5) is 11.8. The van der Waals surface area contributed by atoms with Gasteiger partial charge in [-0.25, -0.2) is 0 Å². The third-order valence-corrected chi connectivity index (χ3v) is 4.21. The molecule has 5 heteroatoms. The minimum atomic E-state index is -0.0899. The van der Waals surface area contributed by atoms with Crippen LogP contribution >= 0.6 is 0 Å². The maximum absolute atomic E-state index is 11.8. The number of esters is 1. The van der Waals surface area contributed by atoms with Gasteiger partial charge in [0.15, 0.2) is 0 Å². The van der Waals surface area contributed by atoms with Gasteiger partial charge in [0.25, 0.3) is 0 Å². The summed E-state index contributed by atoms with van der Waals surface area (Å²) in [5.41, 5.74) is 9.88. The highest BCUT2D eigenvalue weighted by Gasteiger charge is 2.24. The van der Waals surface area contributed by atoms with Crippen molar-refractivity contribution in [1.29, 1.82) is 0 Å². The van der Waals surface area contributed by atoms with Crippen molar-refractivity contribution in [2.75, 3.05) is 12.3 Å². The predicted octanol–water partition coefficient (Wildman–Crippen LogP) is 2.90. The number of benzene rings is 1. The number of aryl methyl sites for hydroxylation is 1. The lowest BCUT2D eigenvalue weighted by Gasteiger charge is -2.19. The van der Waals surface area contributed by atoms with Crippen molar-refractivity contribution < 1.29 is 9.53 Å². The zero-order valence-corrected chi connectivity index (χ0v) is 13.0. The molecule has 1 aromatic heterocycles. The fourth-order valence-electron chi connectivity index (χ4n) is 3.04. The third kappa shape index (κ3) is 2.58. The van der Waals surface area contributed by atoms with Crippen LogP contribution in [-0.2, 0) is 16.6 Å². The van der Waals surface area contributed by atoms with E-state index >= 15 is 0 Å². The summed E-state index contributed by atoms with van der Waals surface area (Å²) in [6, 6.07) is 5.85. The SMILES string of the molecule is CCOC(=O)C1CC=C(c2nn(C)c3ccc(N)cc23)CC1. The van der Waals surface area contributed by atoms with Gasteiger partial charge in [0.2, 0.25) is 0 Å². The molecule has 3 rings (SSSR count). The van der Waals surface area contributed by atoms with E-state index in [4.69, 9.17) is 10.5 Å². The zero-order valence-electron chi connectivity index (χ0n) is 13.0. The van der Waals surface area contributed by atoms with Crippen LogP contribution in [0.25, 0.3) is 16.5 Å². The molecule has 1 heterocycles. The number of hydrogen-bond donors (Lipinski definition) is 1. The standard InChI is InChI=1S/C17H21N3O2/c1-3-22-17(21)12-6-4-11(5-7-12)16-14-10-13(18)8-9-15(14)20(2)19-16/h4,8-10,12H,3,5-7,18H2,1-2H3. The number of carbonyl (C=O) groups excluding carboxylic acids is 1. The molecular weight excluding hydrogens is 278 g/mol. The quantitative estimate of drug-likeness (QED) is 0.699. The van der Waals surface area contributed by atoms with Crippen LogP contribution in [0.3, 0.4) is 0 Å². The van der Waals surface area contributed by atoms with E-state index in [0.717, 1.165) is 35.1 Å². The third-order valence-electron chi connectivity index (χ3n) is 4.21. The first-order chi connectivity index (χ1) is 10.6. The van der Waals surface area contributed by atoms with Crippen LogP contribution in [0.1, 0.15) is 31.9 Å². The smallest absolute Gasteiger partial charge is 0.309 e. The molecular formula is C17H21N3O2. The molecule has 2 aromatic rings. The average molecular weight is 299 g/mol. The highest BCUT2D eigenvalue weighted by Crippen LogP contribution is 2.34. The van der Waals surface area contributed by atoms with E-state index in [1.807, 2.05) is 36.9 Å². The minimum absolute atomic E-state index is 0.0243. The Morgan fingerprint density at radius 1 is 1.50 bits per heavy atom. The van der Waals surface area contributed by atoms with Crippen LogP contribution in [0.4, 0.5) is 5.69 Å². The summed E-state index contributed by atoms with van der Waals surface area (Å²) < 4.78 is 6.99. The predicted molar refractivity (Wildman–Crippen MR) is 87.1 cm³/mol. The number of nitrogens with two attached hydrogens (primary N) is 1. The highest BCUT2D eigenvalue weighted by atomic mass is 16.5. The number of fused-ring (bicyclic) bond motifs is 1. The van der Waals surface area contributed by atoms with Crippen molar-refractivity contribution in [3.63, 3.8) is 0 Å². The molecule has 1 aliphatic rings. The second kappa shape index (κ2) is 5.83. The summed E-state index contributed by atoms with van der Waals surface area (Å²) in [5, 5.41) is 5.71. The number of hydrogen-bond acceptors (Lipinski definition) is 4. The molecule has 5 nitrogen and oxygen atoms in total. The molecule has 0 amide bonds. The molecule has 0 radical (unpaired) electrons. The van der Waals surface area contributed by atoms with Crippen LogP contribution in [0.2, 0.25) is 0 Å². The monoisotopic (exact) mass is 299 g/mol. The fraction of sp³-hybridized carbons (Fsp3) is 0.412. The molecule has 2 N–H and O–H groups in total. The first kappa shape index (κ1) is 14.6.